The number of carbonyl (C=O) groups excluding carboxylic acids is 1. The molecule has 20 heavy (non-hydrogen) atoms. The van der Waals surface area contributed by atoms with Crippen LogP contribution in [0.15, 0.2) is 48.7 Å². The minimum atomic E-state index is -0.809. The van der Waals surface area contributed by atoms with Crippen LogP contribution in [0.2, 0.25) is 5.02 Å². The van der Waals surface area contributed by atoms with E-state index in [1.54, 1.807) is 43.3 Å². The first-order valence-corrected chi connectivity index (χ1v) is 6.35. The summed E-state index contributed by atoms with van der Waals surface area (Å²) in [5.41, 5.74) is 0.570. The summed E-state index contributed by atoms with van der Waals surface area (Å²) in [6, 6.07) is 11.5. The smallest absolute Gasteiger partial charge is 0.380 e. The second-order valence-electron chi connectivity index (χ2n) is 4.12. The van der Waals surface area contributed by atoms with E-state index in [1.807, 2.05) is 0 Å². The van der Waals surface area contributed by atoms with Crippen LogP contribution in [0.1, 0.15) is 6.92 Å². The molecule has 0 aliphatic carbocycles. The van der Waals surface area contributed by atoms with E-state index in [1.165, 1.54) is 12.3 Å². The van der Waals surface area contributed by atoms with Crippen molar-refractivity contribution in [1.29, 1.82) is 0 Å². The summed E-state index contributed by atoms with van der Waals surface area (Å²) in [7, 11) is 0. The highest BCUT2D eigenvalue weighted by Gasteiger charge is 2.18. The summed E-state index contributed by atoms with van der Waals surface area (Å²) in [5, 5.41) is 14.6. The number of hydrogen-bond acceptors (Lipinski definition) is 3. The Balaban J connectivity index is 2.01. The summed E-state index contributed by atoms with van der Waals surface area (Å²) < 4.78 is 5.87. The van der Waals surface area contributed by atoms with E-state index in [4.69, 9.17) is 16.3 Å². The number of nitrogens with one attached hydrogen (secondary N) is 1. The zero-order chi connectivity index (χ0) is 14.5. The Hall–Kier alpha value is -2.27. The van der Waals surface area contributed by atoms with Gasteiger partial charge < -0.3 is 15.3 Å². The molecule has 1 atom stereocenters. The monoisotopic (exact) mass is 292 g/mol. The number of rotatable bonds is 4. The average Bonchev–Trinajstić information content (AvgIpc) is 2.41. The van der Waals surface area contributed by atoms with E-state index in [9.17, 15) is 10.0 Å². The van der Waals surface area contributed by atoms with Crippen LogP contribution in [-0.4, -0.2) is 12.0 Å². The Labute approximate surface area is 121 Å². The Morgan fingerprint density at radius 1 is 1.35 bits per heavy atom. The maximum atomic E-state index is 11.9. The predicted octanol–water partition coefficient (Wildman–Crippen LogP) is 2.38. The van der Waals surface area contributed by atoms with E-state index in [0.717, 1.165) is 0 Å². The van der Waals surface area contributed by atoms with Gasteiger partial charge in [-0.15, -0.1) is 4.73 Å². The van der Waals surface area contributed by atoms with Gasteiger partial charge in [-0.3, -0.25) is 4.79 Å². The van der Waals surface area contributed by atoms with Gasteiger partial charge in [-0.05, 0) is 31.2 Å². The van der Waals surface area contributed by atoms with Gasteiger partial charge in [0.1, 0.15) is 0 Å². The van der Waals surface area contributed by atoms with Crippen LogP contribution in [0.3, 0.4) is 0 Å². The van der Waals surface area contributed by atoms with Crippen molar-refractivity contribution in [2.75, 3.05) is 5.32 Å². The predicted molar refractivity (Wildman–Crippen MR) is 75.6 cm³/mol. The first-order valence-electron chi connectivity index (χ1n) is 5.97. The average molecular weight is 293 g/mol. The van der Waals surface area contributed by atoms with E-state index in [2.05, 4.69) is 5.32 Å². The molecule has 104 valence electrons. The molecule has 1 amide bonds. The molecular formula is C14H13ClN2O3. The van der Waals surface area contributed by atoms with Crippen molar-refractivity contribution >= 4 is 23.2 Å². The van der Waals surface area contributed by atoms with Crippen molar-refractivity contribution in [2.45, 2.75) is 13.0 Å². The van der Waals surface area contributed by atoms with Gasteiger partial charge >= 0.3 is 5.88 Å². The molecule has 0 saturated carbocycles. The normalized spacial score (nSPS) is 11.7. The lowest BCUT2D eigenvalue weighted by atomic mass is 10.3. The van der Waals surface area contributed by atoms with Crippen LogP contribution in [0.25, 0.3) is 0 Å². The first kappa shape index (κ1) is 14.1. The van der Waals surface area contributed by atoms with E-state index in [-0.39, 0.29) is 11.8 Å². The molecule has 1 aromatic heterocycles. The molecule has 0 spiro atoms. The fourth-order valence-electron chi connectivity index (χ4n) is 1.55. The van der Waals surface area contributed by atoms with Crippen LogP contribution in [0.5, 0.6) is 5.88 Å². The number of amides is 1. The molecule has 0 unspecified atom stereocenters. The molecule has 0 fully saturated rings. The number of hydrogen-bond donors (Lipinski definition) is 1. The quantitative estimate of drug-likeness (QED) is 0.695. The summed E-state index contributed by atoms with van der Waals surface area (Å²) in [6.45, 7) is 1.56. The van der Waals surface area contributed by atoms with Crippen molar-refractivity contribution in [3.05, 3.63) is 58.9 Å². The molecule has 1 N–H and O–H groups in total. The summed E-state index contributed by atoms with van der Waals surface area (Å²) in [5.74, 6) is -0.294. The number of anilines is 1. The largest absolute Gasteiger partial charge is 0.616 e. The third-order valence-electron chi connectivity index (χ3n) is 2.55. The standard InChI is InChI=1S/C14H13ClN2O3/c1-10(20-13-7-2-3-8-17(13)19)14(18)16-12-6-4-5-11(15)9-12/h2-10H,1H3,(H,16,18)/t10-/m1/s1. The molecule has 6 heteroatoms. The number of ether oxygens (including phenoxy) is 1. The van der Waals surface area contributed by atoms with Crippen molar-refractivity contribution < 1.29 is 14.3 Å². The lowest BCUT2D eigenvalue weighted by Crippen LogP contribution is -2.36. The highest BCUT2D eigenvalue weighted by atomic mass is 35.5. The molecule has 0 radical (unpaired) electrons. The molecular weight excluding hydrogens is 280 g/mol. The highest BCUT2D eigenvalue weighted by molar-refractivity contribution is 6.30. The van der Waals surface area contributed by atoms with Crippen LogP contribution < -0.4 is 14.8 Å². The molecule has 5 nitrogen and oxygen atoms in total. The summed E-state index contributed by atoms with van der Waals surface area (Å²) in [6.07, 6.45) is 0.494. The van der Waals surface area contributed by atoms with Gasteiger partial charge in [0.25, 0.3) is 5.91 Å². The zero-order valence-corrected chi connectivity index (χ0v) is 11.5. The second-order valence-corrected chi connectivity index (χ2v) is 4.56. The fraction of sp³-hybridized carbons (Fsp3) is 0.143. The van der Waals surface area contributed by atoms with Crippen molar-refractivity contribution in [1.82, 2.24) is 0 Å². The van der Waals surface area contributed by atoms with Gasteiger partial charge in [0.15, 0.2) is 12.3 Å². The molecule has 0 bridgehead atoms. The molecule has 2 aromatic rings. The van der Waals surface area contributed by atoms with Crippen LogP contribution in [0.4, 0.5) is 5.69 Å². The van der Waals surface area contributed by atoms with Gasteiger partial charge in [-0.2, -0.15) is 0 Å². The highest BCUT2D eigenvalue weighted by Crippen LogP contribution is 2.15. The van der Waals surface area contributed by atoms with Gasteiger partial charge in [-0.1, -0.05) is 17.7 Å². The van der Waals surface area contributed by atoms with Gasteiger partial charge in [0, 0.05) is 16.8 Å². The lowest BCUT2D eigenvalue weighted by molar-refractivity contribution is -0.613. The molecule has 0 saturated heterocycles. The number of benzene rings is 1. The number of halogens is 1. The maximum absolute atomic E-state index is 11.9. The topological polar surface area (TPSA) is 65.3 Å². The minimum absolute atomic E-state index is 0.0706. The SMILES string of the molecule is C[C@@H](Oc1cccc[n+]1[O-])C(=O)Nc1cccc(Cl)c1. The first-order chi connectivity index (χ1) is 9.56. The summed E-state index contributed by atoms with van der Waals surface area (Å²) >= 11 is 5.83. The number of aromatic nitrogens is 1. The van der Waals surface area contributed by atoms with Crippen LogP contribution >= 0.6 is 11.6 Å². The second kappa shape index (κ2) is 6.25. The van der Waals surface area contributed by atoms with Crippen molar-refractivity contribution in [3.63, 3.8) is 0 Å². The van der Waals surface area contributed by atoms with E-state index in [0.29, 0.717) is 15.4 Å². The Kier molecular flexibility index (Phi) is 4.42. The van der Waals surface area contributed by atoms with Crippen LogP contribution in [-0.2, 0) is 4.79 Å². The Morgan fingerprint density at radius 3 is 2.85 bits per heavy atom. The fourth-order valence-corrected chi connectivity index (χ4v) is 1.74. The zero-order valence-electron chi connectivity index (χ0n) is 10.7. The third kappa shape index (κ3) is 3.61. The third-order valence-corrected chi connectivity index (χ3v) is 2.78. The van der Waals surface area contributed by atoms with Gasteiger partial charge in [0.2, 0.25) is 0 Å². The number of carbonyl (C=O) groups is 1. The van der Waals surface area contributed by atoms with E-state index < -0.39 is 6.10 Å². The Bertz CT molecular complexity index is 619. The lowest BCUT2D eigenvalue weighted by Gasteiger charge is -2.13. The maximum Gasteiger partial charge on any atom is 0.380 e. The van der Waals surface area contributed by atoms with Crippen molar-refractivity contribution in [2.24, 2.45) is 0 Å². The molecule has 0 aliphatic heterocycles. The number of pyridine rings is 1. The number of nitrogens with zero attached hydrogens (tertiary/aromatic N) is 1. The minimum Gasteiger partial charge on any atom is -0.616 e. The van der Waals surface area contributed by atoms with Crippen molar-refractivity contribution in [3.8, 4) is 5.88 Å². The van der Waals surface area contributed by atoms with Crippen LogP contribution in [0, 0.1) is 5.21 Å². The molecule has 0 aliphatic rings. The summed E-state index contributed by atoms with van der Waals surface area (Å²) in [4.78, 5) is 11.9. The van der Waals surface area contributed by atoms with Gasteiger partial charge in [-0.25, -0.2) is 0 Å². The molecule has 1 heterocycles. The molecule has 1 aromatic carbocycles. The Morgan fingerprint density at radius 2 is 2.15 bits per heavy atom. The van der Waals surface area contributed by atoms with Gasteiger partial charge in [0.05, 0.1) is 6.07 Å². The molecule has 2 rings (SSSR count). The van der Waals surface area contributed by atoms with E-state index >= 15 is 0 Å².